The SMILES string of the molecule is CC(C)N(CCCBr)S(C)(=O)=O. The first-order chi connectivity index (χ1) is 5.39. The molecule has 0 aliphatic rings. The number of alkyl halides is 1. The van der Waals surface area contributed by atoms with E-state index < -0.39 is 10.0 Å². The van der Waals surface area contributed by atoms with Crippen molar-refractivity contribution < 1.29 is 8.42 Å². The third kappa shape index (κ3) is 4.42. The van der Waals surface area contributed by atoms with E-state index in [9.17, 15) is 8.42 Å². The number of hydrogen-bond donors (Lipinski definition) is 0. The van der Waals surface area contributed by atoms with E-state index in [2.05, 4.69) is 15.9 Å². The van der Waals surface area contributed by atoms with Gasteiger partial charge >= 0.3 is 0 Å². The zero-order valence-electron chi connectivity index (χ0n) is 7.75. The average molecular weight is 258 g/mol. The summed E-state index contributed by atoms with van der Waals surface area (Å²) >= 11 is 3.27. The van der Waals surface area contributed by atoms with Crippen molar-refractivity contribution in [3.63, 3.8) is 0 Å². The van der Waals surface area contributed by atoms with Gasteiger partial charge in [-0.05, 0) is 20.3 Å². The molecule has 0 spiro atoms. The standard InChI is InChI=1S/C7H16BrNO2S/c1-7(2)9(6-4-5-8)12(3,10)11/h7H,4-6H2,1-3H3. The normalized spacial score (nSPS) is 12.8. The summed E-state index contributed by atoms with van der Waals surface area (Å²) in [6.45, 7) is 4.37. The molecule has 0 saturated heterocycles. The summed E-state index contributed by atoms with van der Waals surface area (Å²) in [5, 5.41) is 0.839. The zero-order valence-corrected chi connectivity index (χ0v) is 10.2. The fourth-order valence-corrected chi connectivity index (χ4v) is 2.50. The molecule has 0 aliphatic carbocycles. The van der Waals surface area contributed by atoms with Gasteiger partial charge in [0.2, 0.25) is 10.0 Å². The lowest BCUT2D eigenvalue weighted by Gasteiger charge is -2.23. The second kappa shape index (κ2) is 5.19. The summed E-state index contributed by atoms with van der Waals surface area (Å²) in [4.78, 5) is 0. The summed E-state index contributed by atoms with van der Waals surface area (Å²) < 4.78 is 23.9. The fraction of sp³-hybridized carbons (Fsp3) is 1.00. The quantitative estimate of drug-likeness (QED) is 0.700. The van der Waals surface area contributed by atoms with Crippen LogP contribution in [-0.2, 0) is 10.0 Å². The average Bonchev–Trinajstić information content (AvgIpc) is 1.84. The number of sulfonamides is 1. The van der Waals surface area contributed by atoms with Crippen molar-refractivity contribution in [3.8, 4) is 0 Å². The van der Waals surface area contributed by atoms with E-state index in [1.54, 1.807) is 0 Å². The Morgan fingerprint density at radius 2 is 1.92 bits per heavy atom. The van der Waals surface area contributed by atoms with Crippen LogP contribution >= 0.6 is 15.9 Å². The molecule has 0 rings (SSSR count). The van der Waals surface area contributed by atoms with Crippen LogP contribution in [0.3, 0.4) is 0 Å². The Balaban J connectivity index is 4.26. The van der Waals surface area contributed by atoms with Crippen molar-refractivity contribution >= 4 is 26.0 Å². The van der Waals surface area contributed by atoms with Crippen LogP contribution in [0.2, 0.25) is 0 Å². The van der Waals surface area contributed by atoms with E-state index in [0.717, 1.165) is 11.8 Å². The first-order valence-corrected chi connectivity index (χ1v) is 6.89. The monoisotopic (exact) mass is 257 g/mol. The number of nitrogens with zero attached hydrogens (tertiary/aromatic N) is 1. The first-order valence-electron chi connectivity index (χ1n) is 3.92. The molecule has 0 radical (unpaired) electrons. The Morgan fingerprint density at radius 1 is 1.42 bits per heavy atom. The molecule has 0 heterocycles. The minimum atomic E-state index is -3.02. The molecule has 0 aromatic heterocycles. The van der Waals surface area contributed by atoms with E-state index in [1.807, 2.05) is 13.8 Å². The minimum absolute atomic E-state index is 0.0547. The van der Waals surface area contributed by atoms with Crippen LogP contribution in [0.25, 0.3) is 0 Å². The molecule has 0 amide bonds. The van der Waals surface area contributed by atoms with Gasteiger partial charge in [0.15, 0.2) is 0 Å². The number of halogens is 1. The second-order valence-corrected chi connectivity index (χ2v) is 5.74. The molecule has 0 aromatic carbocycles. The predicted octanol–water partition coefficient (Wildman–Crippen LogP) is 1.44. The predicted molar refractivity (Wildman–Crippen MR) is 55.1 cm³/mol. The van der Waals surface area contributed by atoms with Gasteiger partial charge in [-0.25, -0.2) is 8.42 Å². The smallest absolute Gasteiger partial charge is 0.211 e. The molecule has 0 atom stereocenters. The van der Waals surface area contributed by atoms with Crippen LogP contribution in [0.5, 0.6) is 0 Å². The van der Waals surface area contributed by atoms with Crippen molar-refractivity contribution in [2.24, 2.45) is 0 Å². The highest BCUT2D eigenvalue weighted by Gasteiger charge is 2.18. The van der Waals surface area contributed by atoms with Crippen LogP contribution in [0.1, 0.15) is 20.3 Å². The van der Waals surface area contributed by atoms with Crippen LogP contribution in [0, 0.1) is 0 Å². The highest BCUT2D eigenvalue weighted by molar-refractivity contribution is 9.09. The van der Waals surface area contributed by atoms with Crippen molar-refractivity contribution in [2.75, 3.05) is 18.1 Å². The Labute approximate surface area is 83.3 Å². The van der Waals surface area contributed by atoms with Crippen LogP contribution in [-0.4, -0.2) is 36.9 Å². The summed E-state index contributed by atoms with van der Waals surface area (Å²) in [6.07, 6.45) is 2.10. The van der Waals surface area contributed by atoms with E-state index in [0.29, 0.717) is 6.54 Å². The van der Waals surface area contributed by atoms with Crippen molar-refractivity contribution in [2.45, 2.75) is 26.3 Å². The molecule has 0 aliphatic heterocycles. The fourth-order valence-electron chi connectivity index (χ4n) is 1.02. The van der Waals surface area contributed by atoms with Gasteiger partial charge in [-0.1, -0.05) is 15.9 Å². The topological polar surface area (TPSA) is 37.4 Å². The molecular formula is C7H16BrNO2S. The largest absolute Gasteiger partial charge is 0.212 e. The first kappa shape index (κ1) is 12.4. The van der Waals surface area contributed by atoms with Crippen molar-refractivity contribution in [1.82, 2.24) is 4.31 Å². The lowest BCUT2D eigenvalue weighted by molar-refractivity contribution is 0.358. The van der Waals surface area contributed by atoms with E-state index in [1.165, 1.54) is 10.6 Å². The third-order valence-corrected chi connectivity index (χ3v) is 3.53. The maximum absolute atomic E-state index is 11.2. The maximum atomic E-state index is 11.2. The van der Waals surface area contributed by atoms with E-state index in [-0.39, 0.29) is 6.04 Å². The minimum Gasteiger partial charge on any atom is -0.212 e. The van der Waals surface area contributed by atoms with Gasteiger partial charge in [-0.2, -0.15) is 4.31 Å². The lowest BCUT2D eigenvalue weighted by Crippen LogP contribution is -2.36. The van der Waals surface area contributed by atoms with E-state index in [4.69, 9.17) is 0 Å². The third-order valence-electron chi connectivity index (χ3n) is 1.51. The van der Waals surface area contributed by atoms with Crippen LogP contribution < -0.4 is 0 Å². The van der Waals surface area contributed by atoms with Crippen LogP contribution in [0.15, 0.2) is 0 Å². The molecule has 0 saturated carbocycles. The Hall–Kier alpha value is 0.390. The zero-order chi connectivity index (χ0) is 9.78. The molecule has 74 valence electrons. The molecule has 0 fully saturated rings. The summed E-state index contributed by atoms with van der Waals surface area (Å²) in [5.74, 6) is 0. The molecule has 0 N–H and O–H groups in total. The van der Waals surface area contributed by atoms with Gasteiger partial charge in [-0.15, -0.1) is 0 Å². The Kier molecular flexibility index (Phi) is 5.36. The lowest BCUT2D eigenvalue weighted by atomic mass is 10.4. The van der Waals surface area contributed by atoms with Gasteiger partial charge < -0.3 is 0 Å². The molecular weight excluding hydrogens is 242 g/mol. The molecule has 12 heavy (non-hydrogen) atoms. The van der Waals surface area contributed by atoms with Gasteiger partial charge in [0.05, 0.1) is 6.26 Å². The molecule has 3 nitrogen and oxygen atoms in total. The molecule has 5 heteroatoms. The highest BCUT2D eigenvalue weighted by Crippen LogP contribution is 2.06. The summed E-state index contributed by atoms with van der Waals surface area (Å²) in [7, 11) is -3.02. The molecule has 0 bridgehead atoms. The Morgan fingerprint density at radius 3 is 2.17 bits per heavy atom. The van der Waals surface area contributed by atoms with Crippen molar-refractivity contribution in [3.05, 3.63) is 0 Å². The number of hydrogen-bond acceptors (Lipinski definition) is 2. The maximum Gasteiger partial charge on any atom is 0.211 e. The van der Waals surface area contributed by atoms with Crippen LogP contribution in [0.4, 0.5) is 0 Å². The van der Waals surface area contributed by atoms with Gasteiger partial charge in [0.1, 0.15) is 0 Å². The molecule has 0 unspecified atom stereocenters. The second-order valence-electron chi connectivity index (χ2n) is 3.01. The van der Waals surface area contributed by atoms with Crippen molar-refractivity contribution in [1.29, 1.82) is 0 Å². The van der Waals surface area contributed by atoms with Gasteiger partial charge in [0.25, 0.3) is 0 Å². The van der Waals surface area contributed by atoms with Gasteiger partial charge in [0, 0.05) is 17.9 Å². The Bertz CT molecular complexity index is 213. The van der Waals surface area contributed by atoms with Gasteiger partial charge in [-0.3, -0.25) is 0 Å². The van der Waals surface area contributed by atoms with E-state index >= 15 is 0 Å². The summed E-state index contributed by atoms with van der Waals surface area (Å²) in [6, 6.07) is 0.0547. The summed E-state index contributed by atoms with van der Waals surface area (Å²) in [5.41, 5.74) is 0. The molecule has 0 aromatic rings. The number of rotatable bonds is 5. The highest BCUT2D eigenvalue weighted by atomic mass is 79.9.